The molecule has 3 aromatic rings. The molecule has 0 bridgehead atoms. The smallest absolute Gasteiger partial charge is 0.242 e. The van der Waals surface area contributed by atoms with Crippen molar-refractivity contribution in [1.29, 1.82) is 5.26 Å². The van der Waals surface area contributed by atoms with Crippen molar-refractivity contribution in [3.05, 3.63) is 99.0 Å². The van der Waals surface area contributed by atoms with Crippen LogP contribution in [0.2, 0.25) is 10.0 Å². The Morgan fingerprint density at radius 3 is 2.24 bits per heavy atom. The van der Waals surface area contributed by atoms with Gasteiger partial charge in [0.1, 0.15) is 17.0 Å². The summed E-state index contributed by atoms with van der Waals surface area (Å²) in [5.41, 5.74) is -0.324. The van der Waals surface area contributed by atoms with E-state index in [0.717, 1.165) is 11.6 Å². The van der Waals surface area contributed by atoms with E-state index in [2.05, 4.69) is 37.5 Å². The van der Waals surface area contributed by atoms with Crippen molar-refractivity contribution in [2.75, 3.05) is 5.32 Å². The number of nitrogens with one attached hydrogen (secondary N) is 2. The van der Waals surface area contributed by atoms with Gasteiger partial charge in [0.05, 0.1) is 17.1 Å². The molecule has 0 aliphatic carbocycles. The number of carbonyl (C=O) groups is 1. The van der Waals surface area contributed by atoms with E-state index in [0.29, 0.717) is 12.1 Å². The van der Waals surface area contributed by atoms with Crippen LogP contribution in [0.3, 0.4) is 0 Å². The van der Waals surface area contributed by atoms with Gasteiger partial charge in [0.2, 0.25) is 5.91 Å². The molecule has 1 fully saturated rings. The van der Waals surface area contributed by atoms with Crippen LogP contribution < -0.4 is 10.6 Å². The molecule has 1 saturated heterocycles. The number of hydrogen-bond donors (Lipinski definition) is 2. The summed E-state index contributed by atoms with van der Waals surface area (Å²) in [7, 11) is 0. The first kappa shape index (κ1) is 31.0. The second kappa shape index (κ2) is 11.4. The molecular formula is C33H35Cl2F2N3O. The molecule has 4 rings (SSSR count). The van der Waals surface area contributed by atoms with Crippen molar-refractivity contribution in [2.24, 2.45) is 5.41 Å². The maximum atomic E-state index is 15.8. The van der Waals surface area contributed by atoms with Crippen LogP contribution in [-0.2, 0) is 15.6 Å². The molecule has 0 radical (unpaired) electrons. The zero-order chi connectivity index (χ0) is 30.3. The van der Waals surface area contributed by atoms with Crippen molar-refractivity contribution in [3.63, 3.8) is 0 Å². The molecule has 2 unspecified atom stereocenters. The SMILES string of the molecule is CC(C)(C)C[C@H]1NC(C(=O)Nc2ccc(C(C)(C)C)cc2)[C@@H](c2cccc(Cl)c2F)C1(C#N)c1ccc(Cl)cc1F. The summed E-state index contributed by atoms with van der Waals surface area (Å²) < 4.78 is 31.5. The minimum atomic E-state index is -1.68. The highest BCUT2D eigenvalue weighted by atomic mass is 35.5. The predicted molar refractivity (Wildman–Crippen MR) is 161 cm³/mol. The highest BCUT2D eigenvalue weighted by Crippen LogP contribution is 2.53. The Morgan fingerprint density at radius 1 is 1.02 bits per heavy atom. The third-order valence-electron chi connectivity index (χ3n) is 7.75. The lowest BCUT2D eigenvalue weighted by Crippen LogP contribution is -2.45. The van der Waals surface area contributed by atoms with Crippen molar-refractivity contribution < 1.29 is 13.6 Å². The van der Waals surface area contributed by atoms with E-state index in [-0.39, 0.29) is 32.0 Å². The molecule has 0 saturated carbocycles. The Labute approximate surface area is 251 Å². The fraction of sp³-hybridized carbons (Fsp3) is 0.394. The van der Waals surface area contributed by atoms with E-state index in [9.17, 15) is 10.1 Å². The van der Waals surface area contributed by atoms with Crippen LogP contribution in [0.25, 0.3) is 0 Å². The van der Waals surface area contributed by atoms with Gasteiger partial charge in [-0.15, -0.1) is 0 Å². The lowest BCUT2D eigenvalue weighted by molar-refractivity contribution is -0.118. The first-order chi connectivity index (χ1) is 19.1. The number of carbonyl (C=O) groups excluding carboxylic acids is 1. The molecule has 0 spiro atoms. The number of hydrogen-bond acceptors (Lipinski definition) is 3. The summed E-state index contributed by atoms with van der Waals surface area (Å²) >= 11 is 12.3. The highest BCUT2D eigenvalue weighted by Gasteiger charge is 2.61. The number of nitriles is 1. The summed E-state index contributed by atoms with van der Waals surface area (Å²) in [5, 5.41) is 17.2. The standard InChI is InChI=1S/C33H35Cl2F2N3O/c1-31(2,3)17-26-33(18-38,23-15-12-20(34)16-25(23)36)27(22-8-7-9-24(35)28(22)37)29(40-26)30(41)39-21-13-10-19(11-14-21)32(4,5)6/h7-16,26-27,29,40H,17H2,1-6H3,(H,39,41)/t26-,27-,29?,33?/m1/s1. The fourth-order valence-electron chi connectivity index (χ4n) is 5.83. The molecule has 3 aromatic carbocycles. The van der Waals surface area contributed by atoms with Crippen LogP contribution >= 0.6 is 23.2 Å². The van der Waals surface area contributed by atoms with Crippen molar-refractivity contribution in [1.82, 2.24) is 5.32 Å². The topological polar surface area (TPSA) is 64.9 Å². The van der Waals surface area contributed by atoms with Crippen LogP contribution in [0.4, 0.5) is 14.5 Å². The third kappa shape index (κ3) is 6.14. The monoisotopic (exact) mass is 597 g/mol. The van der Waals surface area contributed by atoms with Gasteiger partial charge in [-0.2, -0.15) is 5.26 Å². The van der Waals surface area contributed by atoms with Gasteiger partial charge in [-0.3, -0.25) is 4.79 Å². The Morgan fingerprint density at radius 2 is 1.68 bits per heavy atom. The molecule has 1 aliphatic heterocycles. The molecule has 41 heavy (non-hydrogen) atoms. The number of anilines is 1. The van der Waals surface area contributed by atoms with Gasteiger partial charge < -0.3 is 10.6 Å². The second-order valence-corrected chi connectivity index (χ2v) is 13.8. The van der Waals surface area contributed by atoms with Crippen LogP contribution in [0.15, 0.2) is 60.7 Å². The van der Waals surface area contributed by atoms with E-state index in [1.54, 1.807) is 6.07 Å². The minimum absolute atomic E-state index is 0.0420. The van der Waals surface area contributed by atoms with Gasteiger partial charge in [-0.05, 0) is 58.7 Å². The Balaban J connectivity index is 1.91. The molecular weight excluding hydrogens is 563 g/mol. The van der Waals surface area contributed by atoms with E-state index >= 15 is 8.78 Å². The normalized spacial score (nSPS) is 22.8. The van der Waals surface area contributed by atoms with Crippen molar-refractivity contribution >= 4 is 34.8 Å². The highest BCUT2D eigenvalue weighted by molar-refractivity contribution is 6.31. The number of nitrogens with zero attached hydrogens (tertiary/aromatic N) is 1. The number of benzene rings is 3. The van der Waals surface area contributed by atoms with E-state index in [4.69, 9.17) is 23.2 Å². The predicted octanol–water partition coefficient (Wildman–Crippen LogP) is 8.53. The van der Waals surface area contributed by atoms with Gasteiger partial charge in [0, 0.05) is 28.2 Å². The molecule has 8 heteroatoms. The van der Waals surface area contributed by atoms with Gasteiger partial charge in [-0.25, -0.2) is 8.78 Å². The zero-order valence-electron chi connectivity index (χ0n) is 24.1. The molecule has 1 amide bonds. The number of halogens is 4. The maximum absolute atomic E-state index is 15.8. The van der Waals surface area contributed by atoms with Gasteiger partial charge >= 0.3 is 0 Å². The maximum Gasteiger partial charge on any atom is 0.242 e. The molecule has 4 atom stereocenters. The van der Waals surface area contributed by atoms with Crippen LogP contribution in [0.5, 0.6) is 0 Å². The summed E-state index contributed by atoms with van der Waals surface area (Å²) in [5.74, 6) is -3.05. The van der Waals surface area contributed by atoms with E-state index in [1.807, 2.05) is 45.0 Å². The van der Waals surface area contributed by atoms with Crippen molar-refractivity contribution in [3.8, 4) is 6.07 Å². The molecule has 216 valence electrons. The first-order valence-electron chi connectivity index (χ1n) is 13.6. The second-order valence-electron chi connectivity index (χ2n) is 13.0. The Kier molecular flexibility index (Phi) is 8.58. The van der Waals surface area contributed by atoms with Crippen LogP contribution in [0.1, 0.15) is 70.6 Å². The molecule has 0 aromatic heterocycles. The van der Waals surface area contributed by atoms with Crippen LogP contribution in [0, 0.1) is 28.4 Å². The van der Waals surface area contributed by atoms with Crippen molar-refractivity contribution in [2.45, 2.75) is 76.8 Å². The first-order valence-corrected chi connectivity index (χ1v) is 14.3. The lowest BCUT2D eigenvalue weighted by Gasteiger charge is -2.37. The summed E-state index contributed by atoms with van der Waals surface area (Å²) in [6, 6.07) is 16.6. The minimum Gasteiger partial charge on any atom is -0.325 e. The lowest BCUT2D eigenvalue weighted by atomic mass is 9.62. The van der Waals surface area contributed by atoms with Gasteiger partial charge in [0.15, 0.2) is 0 Å². The van der Waals surface area contributed by atoms with Gasteiger partial charge in [-0.1, -0.05) is 95.1 Å². The molecule has 1 aliphatic rings. The third-order valence-corrected chi connectivity index (χ3v) is 8.28. The summed E-state index contributed by atoms with van der Waals surface area (Å²) in [6.45, 7) is 12.3. The zero-order valence-corrected chi connectivity index (χ0v) is 25.6. The Bertz CT molecular complexity index is 1490. The summed E-state index contributed by atoms with van der Waals surface area (Å²) in [6.07, 6.45) is 0.394. The Hall–Kier alpha value is -2.98. The number of rotatable bonds is 5. The molecule has 4 nitrogen and oxygen atoms in total. The van der Waals surface area contributed by atoms with Crippen LogP contribution in [-0.4, -0.2) is 18.0 Å². The molecule has 1 heterocycles. The largest absolute Gasteiger partial charge is 0.325 e. The average Bonchev–Trinajstić information content (AvgIpc) is 3.18. The average molecular weight is 599 g/mol. The fourth-order valence-corrected chi connectivity index (χ4v) is 6.17. The summed E-state index contributed by atoms with van der Waals surface area (Å²) in [4.78, 5) is 14.0. The van der Waals surface area contributed by atoms with E-state index < -0.39 is 41.0 Å². The molecule has 2 N–H and O–H groups in total. The van der Waals surface area contributed by atoms with E-state index in [1.165, 1.54) is 24.3 Å². The number of amides is 1. The quantitative estimate of drug-likeness (QED) is 0.310. The van der Waals surface area contributed by atoms with Gasteiger partial charge in [0.25, 0.3) is 0 Å².